The van der Waals surface area contributed by atoms with Crippen LogP contribution in [0, 0.1) is 0 Å². The Morgan fingerprint density at radius 1 is 1.18 bits per heavy atom. The summed E-state index contributed by atoms with van der Waals surface area (Å²) in [7, 11) is 0. The lowest BCUT2D eigenvalue weighted by atomic mass is 10.1. The van der Waals surface area contributed by atoms with Crippen LogP contribution in [0.1, 0.15) is 32.1 Å². The predicted octanol–water partition coefficient (Wildman–Crippen LogP) is -0.382. The van der Waals surface area contributed by atoms with Gasteiger partial charge in [0, 0.05) is 31.6 Å². The van der Waals surface area contributed by atoms with Gasteiger partial charge >= 0.3 is 0 Å². The smallest absolute Gasteiger partial charge is 0.245 e. The second kappa shape index (κ2) is 4.29. The average molecular weight is 237 g/mol. The van der Waals surface area contributed by atoms with Crippen LogP contribution < -0.4 is 10.6 Å². The maximum atomic E-state index is 12.3. The van der Waals surface area contributed by atoms with Crippen molar-refractivity contribution in [1.29, 1.82) is 0 Å². The van der Waals surface area contributed by atoms with Gasteiger partial charge in [-0.15, -0.1) is 0 Å². The highest BCUT2D eigenvalue weighted by molar-refractivity contribution is 5.90. The lowest BCUT2D eigenvalue weighted by molar-refractivity contribution is -0.134. The highest BCUT2D eigenvalue weighted by Gasteiger charge is 2.35. The highest BCUT2D eigenvalue weighted by atomic mass is 16.2. The maximum absolute atomic E-state index is 12.3. The SMILES string of the molecule is O=C1CC[C@@H](C(=O)N2CCC3CCC(C2)N3)N1. The Bertz CT molecular complexity index is 345. The van der Waals surface area contributed by atoms with E-state index in [9.17, 15) is 9.59 Å². The summed E-state index contributed by atoms with van der Waals surface area (Å²) in [5, 5.41) is 6.32. The van der Waals surface area contributed by atoms with Gasteiger partial charge in [-0.1, -0.05) is 0 Å². The van der Waals surface area contributed by atoms with Crippen LogP contribution in [0.3, 0.4) is 0 Å². The zero-order valence-electron chi connectivity index (χ0n) is 9.95. The number of fused-ring (bicyclic) bond motifs is 2. The standard InChI is InChI=1S/C12H19N3O2/c16-11-4-3-10(14-11)12(17)15-6-5-8-1-2-9(7-15)13-8/h8-10,13H,1-7H2,(H,14,16)/t8?,9?,10-/m0/s1. The van der Waals surface area contributed by atoms with Gasteiger partial charge in [0.05, 0.1) is 0 Å². The number of amides is 2. The number of nitrogens with zero attached hydrogens (tertiary/aromatic N) is 1. The summed E-state index contributed by atoms with van der Waals surface area (Å²) in [6.45, 7) is 1.64. The lowest BCUT2D eigenvalue weighted by Gasteiger charge is -2.26. The lowest BCUT2D eigenvalue weighted by Crippen LogP contribution is -2.47. The summed E-state index contributed by atoms with van der Waals surface area (Å²) in [6, 6.07) is 0.790. The fourth-order valence-corrected chi connectivity index (χ4v) is 3.16. The minimum atomic E-state index is -0.265. The van der Waals surface area contributed by atoms with Crippen molar-refractivity contribution < 1.29 is 9.59 Å². The van der Waals surface area contributed by atoms with Gasteiger partial charge in [-0.3, -0.25) is 9.59 Å². The summed E-state index contributed by atoms with van der Waals surface area (Å²) < 4.78 is 0. The zero-order chi connectivity index (χ0) is 11.8. The molecule has 3 aliphatic rings. The van der Waals surface area contributed by atoms with Gasteiger partial charge in [0.15, 0.2) is 0 Å². The number of rotatable bonds is 1. The van der Waals surface area contributed by atoms with E-state index in [1.807, 2.05) is 4.90 Å². The predicted molar refractivity (Wildman–Crippen MR) is 62.3 cm³/mol. The maximum Gasteiger partial charge on any atom is 0.245 e. The van der Waals surface area contributed by atoms with Crippen molar-refractivity contribution in [2.75, 3.05) is 13.1 Å². The molecule has 94 valence electrons. The number of hydrogen-bond donors (Lipinski definition) is 2. The first-order valence-electron chi connectivity index (χ1n) is 6.56. The molecule has 0 radical (unpaired) electrons. The van der Waals surface area contributed by atoms with Gasteiger partial charge in [0.25, 0.3) is 0 Å². The number of carbonyl (C=O) groups is 2. The molecular formula is C12H19N3O2. The molecule has 2 bridgehead atoms. The van der Waals surface area contributed by atoms with Gasteiger partial charge in [-0.2, -0.15) is 0 Å². The van der Waals surface area contributed by atoms with E-state index in [1.54, 1.807) is 0 Å². The fourth-order valence-electron chi connectivity index (χ4n) is 3.16. The van der Waals surface area contributed by atoms with Crippen LogP contribution in [-0.2, 0) is 9.59 Å². The summed E-state index contributed by atoms with van der Waals surface area (Å²) in [4.78, 5) is 25.3. The molecule has 2 amide bonds. The van der Waals surface area contributed by atoms with Crippen LogP contribution in [0.4, 0.5) is 0 Å². The van der Waals surface area contributed by atoms with Crippen molar-refractivity contribution in [3.8, 4) is 0 Å². The molecule has 0 aromatic heterocycles. The average Bonchev–Trinajstić information content (AvgIpc) is 2.84. The van der Waals surface area contributed by atoms with Crippen LogP contribution in [0.15, 0.2) is 0 Å². The Morgan fingerprint density at radius 2 is 2.00 bits per heavy atom. The van der Waals surface area contributed by atoms with Gasteiger partial charge in [0.1, 0.15) is 6.04 Å². The van der Waals surface area contributed by atoms with Gasteiger partial charge in [-0.25, -0.2) is 0 Å². The van der Waals surface area contributed by atoms with Crippen LogP contribution in [0.2, 0.25) is 0 Å². The molecule has 3 heterocycles. The Hall–Kier alpha value is -1.10. The summed E-state index contributed by atoms with van der Waals surface area (Å²) >= 11 is 0. The van der Waals surface area contributed by atoms with Crippen LogP contribution in [-0.4, -0.2) is 47.9 Å². The third-order valence-electron chi connectivity index (χ3n) is 4.13. The second-order valence-electron chi connectivity index (χ2n) is 5.37. The third kappa shape index (κ3) is 2.16. The number of nitrogens with one attached hydrogen (secondary N) is 2. The first-order chi connectivity index (χ1) is 8.22. The van der Waals surface area contributed by atoms with E-state index in [2.05, 4.69) is 10.6 Å². The highest BCUT2D eigenvalue weighted by Crippen LogP contribution is 2.21. The van der Waals surface area contributed by atoms with E-state index in [0.717, 1.165) is 19.5 Å². The summed E-state index contributed by atoms with van der Waals surface area (Å²) in [5.41, 5.74) is 0. The van der Waals surface area contributed by atoms with E-state index < -0.39 is 0 Å². The molecule has 3 fully saturated rings. The number of likely N-dealkylation sites (tertiary alicyclic amines) is 1. The molecule has 3 rings (SSSR count). The number of carbonyl (C=O) groups excluding carboxylic acids is 2. The topological polar surface area (TPSA) is 61.4 Å². The van der Waals surface area contributed by atoms with Crippen LogP contribution in [0.25, 0.3) is 0 Å². The second-order valence-corrected chi connectivity index (χ2v) is 5.37. The molecule has 3 saturated heterocycles. The molecule has 0 saturated carbocycles. The molecule has 0 aliphatic carbocycles. The summed E-state index contributed by atoms with van der Waals surface area (Å²) in [5.74, 6) is 0.128. The molecule has 0 aromatic carbocycles. The number of hydrogen-bond acceptors (Lipinski definition) is 3. The Morgan fingerprint density at radius 3 is 2.76 bits per heavy atom. The first kappa shape index (κ1) is 11.0. The Kier molecular flexibility index (Phi) is 2.78. The molecule has 2 N–H and O–H groups in total. The third-order valence-corrected chi connectivity index (χ3v) is 4.13. The van der Waals surface area contributed by atoms with Gasteiger partial charge in [0.2, 0.25) is 11.8 Å². The Balaban J connectivity index is 1.63. The van der Waals surface area contributed by atoms with E-state index in [0.29, 0.717) is 24.9 Å². The normalized spacial score (nSPS) is 36.8. The molecule has 0 spiro atoms. The fraction of sp³-hybridized carbons (Fsp3) is 0.833. The molecule has 3 aliphatic heterocycles. The first-order valence-corrected chi connectivity index (χ1v) is 6.56. The Labute approximate surface area is 101 Å². The molecule has 2 unspecified atom stereocenters. The monoisotopic (exact) mass is 237 g/mol. The zero-order valence-corrected chi connectivity index (χ0v) is 9.95. The van der Waals surface area contributed by atoms with Crippen molar-refractivity contribution in [3.63, 3.8) is 0 Å². The van der Waals surface area contributed by atoms with E-state index in [-0.39, 0.29) is 17.9 Å². The molecule has 17 heavy (non-hydrogen) atoms. The van der Waals surface area contributed by atoms with Crippen molar-refractivity contribution >= 4 is 11.8 Å². The molecule has 3 atom stereocenters. The minimum Gasteiger partial charge on any atom is -0.344 e. The van der Waals surface area contributed by atoms with E-state index in [1.165, 1.54) is 12.8 Å². The van der Waals surface area contributed by atoms with Gasteiger partial charge in [-0.05, 0) is 25.7 Å². The summed E-state index contributed by atoms with van der Waals surface area (Å²) in [6.07, 6.45) is 4.62. The minimum absolute atomic E-state index is 0.0119. The van der Waals surface area contributed by atoms with E-state index >= 15 is 0 Å². The molecule has 5 nitrogen and oxygen atoms in total. The van der Waals surface area contributed by atoms with Gasteiger partial charge < -0.3 is 15.5 Å². The van der Waals surface area contributed by atoms with Crippen molar-refractivity contribution in [3.05, 3.63) is 0 Å². The quantitative estimate of drug-likeness (QED) is 0.653. The van der Waals surface area contributed by atoms with Crippen molar-refractivity contribution in [1.82, 2.24) is 15.5 Å². The molecular weight excluding hydrogens is 218 g/mol. The van der Waals surface area contributed by atoms with Crippen LogP contribution in [0.5, 0.6) is 0 Å². The van der Waals surface area contributed by atoms with Crippen molar-refractivity contribution in [2.24, 2.45) is 0 Å². The van der Waals surface area contributed by atoms with Crippen LogP contribution >= 0.6 is 0 Å². The molecule has 0 aromatic rings. The van der Waals surface area contributed by atoms with Crippen molar-refractivity contribution in [2.45, 2.75) is 50.2 Å². The van der Waals surface area contributed by atoms with E-state index in [4.69, 9.17) is 0 Å². The molecule has 5 heteroatoms. The largest absolute Gasteiger partial charge is 0.344 e.